The first-order valence-electron chi connectivity index (χ1n) is 2.59. The molecule has 0 aromatic heterocycles. The topological polar surface area (TPSA) is 9.23 Å². The molecule has 0 amide bonds. The van der Waals surface area contributed by atoms with Gasteiger partial charge in [-0.25, -0.2) is 0 Å². The fourth-order valence-corrected chi connectivity index (χ4v) is 0.854. The first kappa shape index (κ1) is 6.66. The fraction of sp³-hybridized carbons (Fsp3) is 0.143. The van der Waals surface area contributed by atoms with Crippen molar-refractivity contribution >= 4 is 4.46 Å². The first-order valence-corrected chi connectivity index (χ1v) is 3.06. The van der Waals surface area contributed by atoms with Crippen LogP contribution in [0.25, 0.3) is 0 Å². The molecule has 0 aliphatic rings. The number of rotatable bonds is 1. The van der Waals surface area contributed by atoms with Crippen LogP contribution in [-0.2, 0) is 16.0 Å². The van der Waals surface area contributed by atoms with E-state index in [2.05, 4.69) is 0 Å². The predicted octanol–water partition coefficient (Wildman–Crippen LogP) is 0.867. The third-order valence-electron chi connectivity index (χ3n) is 1.02. The van der Waals surface area contributed by atoms with Crippen molar-refractivity contribution in [2.75, 3.05) is 7.11 Å². The third-order valence-corrected chi connectivity index (χ3v) is 1.41. The van der Waals surface area contributed by atoms with Crippen LogP contribution in [0.3, 0.4) is 0 Å². The number of methoxy groups -OCH3 is 1. The summed E-state index contributed by atoms with van der Waals surface area (Å²) >= 11 is 5.07. The van der Waals surface area contributed by atoms with Crippen LogP contribution in [0.1, 0.15) is 0 Å². The maximum atomic E-state index is 5.07. The van der Waals surface area contributed by atoms with Gasteiger partial charge in [0, 0.05) is 0 Å². The van der Waals surface area contributed by atoms with Crippen LogP contribution in [0.2, 0.25) is 0 Å². The molecule has 0 N–H and O–H groups in total. The van der Waals surface area contributed by atoms with Gasteiger partial charge in [0.05, 0.1) is 0 Å². The van der Waals surface area contributed by atoms with E-state index in [1.807, 2.05) is 24.3 Å². The van der Waals surface area contributed by atoms with Crippen molar-refractivity contribution in [1.29, 1.82) is 0 Å². The molecule has 0 aliphatic heterocycles. The quantitative estimate of drug-likeness (QED) is 0.569. The zero-order valence-corrected chi connectivity index (χ0v) is 5.96. The number of hydrogen-bond donors (Lipinski definition) is 0. The zero-order chi connectivity index (χ0) is 6.69. The summed E-state index contributed by atoms with van der Waals surface area (Å²) in [4.78, 5) is 0. The van der Waals surface area contributed by atoms with Gasteiger partial charge in [0.15, 0.2) is 0 Å². The van der Waals surface area contributed by atoms with Crippen molar-refractivity contribution in [1.82, 2.24) is 0 Å². The van der Waals surface area contributed by atoms with E-state index in [4.69, 9.17) is 20.7 Å². The predicted molar refractivity (Wildman–Crippen MR) is 32.6 cm³/mol. The molecule has 0 heterocycles. The van der Waals surface area contributed by atoms with Crippen molar-refractivity contribution in [3.63, 3.8) is 0 Å². The Bertz CT molecular complexity index is 198. The standard InChI is InChI=1S/C7H7O.Cu/c1-8-7-5-3-2-4-6-7;/h2-5H,1H3;. The van der Waals surface area contributed by atoms with Gasteiger partial charge in [-0.05, 0) is 0 Å². The Labute approximate surface area is 62.8 Å². The van der Waals surface area contributed by atoms with E-state index in [1.165, 1.54) is 0 Å². The molecule has 1 nitrogen and oxygen atoms in total. The summed E-state index contributed by atoms with van der Waals surface area (Å²) < 4.78 is 5.68. The van der Waals surface area contributed by atoms with E-state index >= 15 is 0 Å². The van der Waals surface area contributed by atoms with Crippen LogP contribution < -0.4 is 9.20 Å². The Morgan fingerprint density at radius 1 is 1.33 bits per heavy atom. The summed E-state index contributed by atoms with van der Waals surface area (Å²) in [5, 5.41) is 0. The van der Waals surface area contributed by atoms with Crippen LogP contribution in [0, 0.1) is 0 Å². The van der Waals surface area contributed by atoms with Gasteiger partial charge in [-0.15, -0.1) is 0 Å². The Balaban J connectivity index is 3.01. The second-order valence-corrected chi connectivity index (χ2v) is 2.10. The van der Waals surface area contributed by atoms with Crippen LogP contribution >= 0.6 is 0 Å². The van der Waals surface area contributed by atoms with E-state index in [1.54, 1.807) is 7.11 Å². The SMILES string of the molecule is COc1cccc[c]1[Cu]. The second-order valence-electron chi connectivity index (χ2n) is 1.59. The summed E-state index contributed by atoms with van der Waals surface area (Å²) in [5.41, 5.74) is 0. The molecule has 1 aromatic carbocycles. The molecule has 9 heavy (non-hydrogen) atoms. The summed E-state index contributed by atoms with van der Waals surface area (Å²) in [6.45, 7) is 0. The number of para-hydroxylation sites is 1. The summed E-state index contributed by atoms with van der Waals surface area (Å²) in [6, 6.07) is 7.46. The number of benzene rings is 1. The van der Waals surface area contributed by atoms with Gasteiger partial charge in [0.1, 0.15) is 0 Å². The van der Waals surface area contributed by atoms with Crippen molar-refractivity contribution in [3.05, 3.63) is 24.3 Å². The molecule has 52 valence electrons. The Morgan fingerprint density at radius 3 is 2.44 bits per heavy atom. The summed E-state index contributed by atoms with van der Waals surface area (Å²) in [6.07, 6.45) is 0. The molecule has 0 atom stereocenters. The van der Waals surface area contributed by atoms with E-state index in [0.29, 0.717) is 0 Å². The molecule has 0 bridgehead atoms. The monoisotopic (exact) mass is 170 g/mol. The average Bonchev–Trinajstić information content (AvgIpc) is 1.89. The third kappa shape index (κ3) is 1.47. The molecule has 0 radical (unpaired) electrons. The van der Waals surface area contributed by atoms with E-state index in [9.17, 15) is 0 Å². The molecule has 0 saturated carbocycles. The summed E-state index contributed by atoms with van der Waals surface area (Å²) in [7, 11) is 1.61. The Hall–Kier alpha value is -0.461. The molecular formula is C7H7CuO. The molecule has 0 fully saturated rings. The molecule has 0 saturated heterocycles. The van der Waals surface area contributed by atoms with Gasteiger partial charge in [0.2, 0.25) is 0 Å². The fourth-order valence-electron chi connectivity index (χ4n) is 0.589. The van der Waals surface area contributed by atoms with Gasteiger partial charge in [-0.2, -0.15) is 0 Å². The normalized spacial score (nSPS) is 9.22. The molecule has 2 heteroatoms. The molecular weight excluding hydrogens is 164 g/mol. The van der Waals surface area contributed by atoms with Gasteiger partial charge in [0.25, 0.3) is 0 Å². The minimum atomic E-state index is 0.743. The van der Waals surface area contributed by atoms with Crippen LogP contribution in [0.15, 0.2) is 24.3 Å². The number of hydrogen-bond acceptors (Lipinski definition) is 1. The Kier molecular flexibility index (Phi) is 2.15. The van der Waals surface area contributed by atoms with Gasteiger partial charge < -0.3 is 0 Å². The van der Waals surface area contributed by atoms with E-state index < -0.39 is 0 Å². The summed E-state index contributed by atoms with van der Waals surface area (Å²) in [5.74, 6) is 0.762. The van der Waals surface area contributed by atoms with Crippen LogP contribution in [0.5, 0.6) is 5.75 Å². The molecule has 0 unspecified atom stereocenters. The average molecular weight is 171 g/mol. The molecule has 1 rings (SSSR count). The number of ether oxygens (including phenoxy) is 1. The zero-order valence-electron chi connectivity index (χ0n) is 5.02. The Morgan fingerprint density at radius 2 is 2.00 bits per heavy atom. The van der Waals surface area contributed by atoms with E-state index in [-0.39, 0.29) is 0 Å². The van der Waals surface area contributed by atoms with Gasteiger partial charge in [-0.3, -0.25) is 0 Å². The minimum absolute atomic E-state index is 0.743. The van der Waals surface area contributed by atoms with Crippen molar-refractivity contribution in [2.24, 2.45) is 0 Å². The van der Waals surface area contributed by atoms with Gasteiger partial charge in [-0.1, -0.05) is 0 Å². The molecule has 0 spiro atoms. The second kappa shape index (κ2) is 2.90. The first-order chi connectivity index (χ1) is 4.34. The maximum absolute atomic E-state index is 5.07. The van der Waals surface area contributed by atoms with Crippen molar-refractivity contribution in [3.8, 4) is 5.75 Å². The molecule has 1 aromatic rings. The van der Waals surface area contributed by atoms with Crippen molar-refractivity contribution < 1.29 is 20.7 Å². The van der Waals surface area contributed by atoms with Crippen LogP contribution in [0.4, 0.5) is 0 Å². The van der Waals surface area contributed by atoms with Crippen LogP contribution in [-0.4, -0.2) is 7.11 Å². The van der Waals surface area contributed by atoms with Crippen molar-refractivity contribution in [2.45, 2.75) is 0 Å². The molecule has 0 aliphatic carbocycles. The van der Waals surface area contributed by atoms with E-state index in [0.717, 1.165) is 10.2 Å². The van der Waals surface area contributed by atoms with Gasteiger partial charge >= 0.3 is 62.3 Å².